The predicted octanol–water partition coefficient (Wildman–Crippen LogP) is 2.93. The van der Waals surface area contributed by atoms with Crippen molar-refractivity contribution in [3.05, 3.63) is 0 Å². The van der Waals surface area contributed by atoms with Gasteiger partial charge in [0.1, 0.15) is 0 Å². The first-order valence-corrected chi connectivity index (χ1v) is 7.67. The fraction of sp³-hybridized carbons (Fsp3) is 1.00. The highest BCUT2D eigenvalue weighted by molar-refractivity contribution is 4.92. The van der Waals surface area contributed by atoms with Crippen molar-refractivity contribution < 1.29 is 0 Å². The number of rotatable bonds is 4. The summed E-state index contributed by atoms with van der Waals surface area (Å²) in [5.41, 5.74) is 0.520. The maximum atomic E-state index is 3.89. The molecule has 2 N–H and O–H groups in total. The summed E-state index contributed by atoms with van der Waals surface area (Å²) in [4.78, 5) is 0. The van der Waals surface area contributed by atoms with E-state index < -0.39 is 0 Å². The van der Waals surface area contributed by atoms with Crippen molar-refractivity contribution in [2.24, 2.45) is 11.3 Å². The van der Waals surface area contributed by atoms with Gasteiger partial charge in [0.2, 0.25) is 0 Å². The summed E-state index contributed by atoms with van der Waals surface area (Å²) < 4.78 is 0. The van der Waals surface area contributed by atoms with Gasteiger partial charge in [0.15, 0.2) is 0 Å². The third kappa shape index (κ3) is 3.45. The molecule has 1 heterocycles. The zero-order valence-corrected chi connectivity index (χ0v) is 11.7. The molecule has 1 aliphatic heterocycles. The first-order valence-electron chi connectivity index (χ1n) is 7.67. The smallest absolute Gasteiger partial charge is 0.00673 e. The first-order chi connectivity index (χ1) is 8.23. The Morgan fingerprint density at radius 1 is 1.18 bits per heavy atom. The van der Waals surface area contributed by atoms with E-state index in [1.165, 1.54) is 64.6 Å². The number of hydrogen-bond donors (Lipinski definition) is 2. The Morgan fingerprint density at radius 3 is 2.41 bits per heavy atom. The van der Waals surface area contributed by atoms with Crippen LogP contribution in [0.4, 0.5) is 0 Å². The molecule has 17 heavy (non-hydrogen) atoms. The Bertz CT molecular complexity index is 211. The van der Waals surface area contributed by atoms with Crippen molar-refractivity contribution in [2.45, 2.75) is 64.8 Å². The molecule has 2 rings (SSSR count). The van der Waals surface area contributed by atoms with Crippen molar-refractivity contribution in [2.75, 3.05) is 19.6 Å². The van der Waals surface area contributed by atoms with Crippen LogP contribution in [0.2, 0.25) is 0 Å². The topological polar surface area (TPSA) is 24.1 Å². The van der Waals surface area contributed by atoms with E-state index in [9.17, 15) is 0 Å². The molecule has 1 atom stereocenters. The molecule has 0 spiro atoms. The number of hydrogen-bond acceptors (Lipinski definition) is 2. The molecular weight excluding hydrogens is 208 g/mol. The quantitative estimate of drug-likeness (QED) is 0.736. The molecule has 0 aromatic carbocycles. The maximum Gasteiger partial charge on any atom is 0.00673 e. The lowest BCUT2D eigenvalue weighted by atomic mass is 9.76. The summed E-state index contributed by atoms with van der Waals surface area (Å²) in [5, 5.41) is 7.44. The lowest BCUT2D eigenvalue weighted by Crippen LogP contribution is -2.44. The highest BCUT2D eigenvalue weighted by Crippen LogP contribution is 2.33. The van der Waals surface area contributed by atoms with Crippen LogP contribution in [0, 0.1) is 11.3 Å². The van der Waals surface area contributed by atoms with E-state index in [0.717, 1.165) is 12.0 Å². The second-order valence-corrected chi connectivity index (χ2v) is 6.51. The van der Waals surface area contributed by atoms with Crippen LogP contribution < -0.4 is 10.6 Å². The monoisotopic (exact) mass is 238 g/mol. The van der Waals surface area contributed by atoms with Crippen molar-refractivity contribution in [1.82, 2.24) is 10.6 Å². The van der Waals surface area contributed by atoms with Gasteiger partial charge in [0, 0.05) is 19.1 Å². The van der Waals surface area contributed by atoms with Crippen LogP contribution in [0.25, 0.3) is 0 Å². The van der Waals surface area contributed by atoms with Crippen LogP contribution in [0.15, 0.2) is 0 Å². The highest BCUT2D eigenvalue weighted by Gasteiger charge is 2.36. The molecule has 0 aromatic rings. The van der Waals surface area contributed by atoms with Crippen LogP contribution in [-0.4, -0.2) is 25.7 Å². The van der Waals surface area contributed by atoms with Gasteiger partial charge in [-0.1, -0.05) is 39.5 Å². The molecule has 1 aliphatic carbocycles. The Hall–Kier alpha value is -0.0800. The van der Waals surface area contributed by atoms with Crippen molar-refractivity contribution in [3.8, 4) is 0 Å². The number of nitrogens with one attached hydrogen (secondary N) is 2. The standard InChI is InChI=1S/C15H30N2/c1-13(2)15(9-10-16-11-15)12-17-14-7-5-3-4-6-8-14/h13-14,16-17H,3-12H2,1-2H3. The average Bonchev–Trinajstić information content (AvgIpc) is 2.65. The molecule has 100 valence electrons. The largest absolute Gasteiger partial charge is 0.316 e. The summed E-state index contributed by atoms with van der Waals surface area (Å²) >= 11 is 0. The second kappa shape index (κ2) is 6.19. The van der Waals surface area contributed by atoms with Gasteiger partial charge < -0.3 is 10.6 Å². The van der Waals surface area contributed by atoms with Crippen LogP contribution in [-0.2, 0) is 0 Å². The maximum absolute atomic E-state index is 3.89. The summed E-state index contributed by atoms with van der Waals surface area (Å²) in [6, 6.07) is 0.800. The van der Waals surface area contributed by atoms with Crippen molar-refractivity contribution in [1.29, 1.82) is 0 Å². The molecule has 0 amide bonds. The first kappa shape index (κ1) is 13.4. The van der Waals surface area contributed by atoms with Gasteiger partial charge >= 0.3 is 0 Å². The minimum atomic E-state index is 0.520. The molecule has 2 heteroatoms. The van der Waals surface area contributed by atoms with Gasteiger partial charge in [-0.15, -0.1) is 0 Å². The van der Waals surface area contributed by atoms with Crippen LogP contribution in [0.3, 0.4) is 0 Å². The summed E-state index contributed by atoms with van der Waals surface area (Å²) in [7, 11) is 0. The Balaban J connectivity index is 1.82. The van der Waals surface area contributed by atoms with Gasteiger partial charge in [0.05, 0.1) is 0 Å². The molecular formula is C15H30N2. The fourth-order valence-corrected chi connectivity index (χ4v) is 3.44. The van der Waals surface area contributed by atoms with E-state index in [1.807, 2.05) is 0 Å². The molecule has 0 radical (unpaired) electrons. The average molecular weight is 238 g/mol. The SMILES string of the molecule is CC(C)C1(CNC2CCCCCC2)CCNC1. The van der Waals surface area contributed by atoms with E-state index in [2.05, 4.69) is 24.5 Å². The Morgan fingerprint density at radius 2 is 1.88 bits per heavy atom. The van der Waals surface area contributed by atoms with Crippen molar-refractivity contribution >= 4 is 0 Å². The Labute approximate surface area is 107 Å². The zero-order chi connectivity index (χ0) is 12.1. The van der Waals surface area contributed by atoms with Crippen LogP contribution in [0.1, 0.15) is 58.8 Å². The van der Waals surface area contributed by atoms with Gasteiger partial charge in [-0.2, -0.15) is 0 Å². The lowest BCUT2D eigenvalue weighted by molar-refractivity contribution is 0.197. The molecule has 2 fully saturated rings. The van der Waals surface area contributed by atoms with E-state index in [4.69, 9.17) is 0 Å². The van der Waals surface area contributed by atoms with E-state index >= 15 is 0 Å². The van der Waals surface area contributed by atoms with E-state index in [0.29, 0.717) is 5.41 Å². The fourth-order valence-electron chi connectivity index (χ4n) is 3.44. The van der Waals surface area contributed by atoms with Crippen LogP contribution >= 0.6 is 0 Å². The molecule has 2 nitrogen and oxygen atoms in total. The summed E-state index contributed by atoms with van der Waals surface area (Å²) in [6.07, 6.45) is 9.94. The highest BCUT2D eigenvalue weighted by atomic mass is 15.0. The van der Waals surface area contributed by atoms with Gasteiger partial charge in [0.25, 0.3) is 0 Å². The van der Waals surface area contributed by atoms with E-state index in [-0.39, 0.29) is 0 Å². The molecule has 2 aliphatic rings. The van der Waals surface area contributed by atoms with Gasteiger partial charge in [-0.05, 0) is 37.1 Å². The summed E-state index contributed by atoms with van der Waals surface area (Å²) in [5.74, 6) is 0.788. The van der Waals surface area contributed by atoms with E-state index in [1.54, 1.807) is 0 Å². The van der Waals surface area contributed by atoms with Gasteiger partial charge in [-0.25, -0.2) is 0 Å². The summed E-state index contributed by atoms with van der Waals surface area (Å²) in [6.45, 7) is 8.43. The molecule has 1 saturated heterocycles. The third-order valence-corrected chi connectivity index (χ3v) is 5.10. The zero-order valence-electron chi connectivity index (χ0n) is 11.7. The molecule has 0 aromatic heterocycles. The minimum absolute atomic E-state index is 0.520. The normalized spacial score (nSPS) is 31.9. The Kier molecular flexibility index (Phi) is 4.87. The predicted molar refractivity (Wildman–Crippen MR) is 74.3 cm³/mol. The molecule has 1 saturated carbocycles. The second-order valence-electron chi connectivity index (χ2n) is 6.51. The van der Waals surface area contributed by atoms with Crippen LogP contribution in [0.5, 0.6) is 0 Å². The third-order valence-electron chi connectivity index (χ3n) is 5.10. The minimum Gasteiger partial charge on any atom is -0.316 e. The van der Waals surface area contributed by atoms with Crippen molar-refractivity contribution in [3.63, 3.8) is 0 Å². The molecule has 1 unspecified atom stereocenters. The molecule has 0 bridgehead atoms. The lowest BCUT2D eigenvalue weighted by Gasteiger charge is -2.34. The van der Waals surface area contributed by atoms with Gasteiger partial charge in [-0.3, -0.25) is 0 Å².